The van der Waals surface area contributed by atoms with Crippen LogP contribution in [0.2, 0.25) is 5.28 Å². The molecule has 1 saturated carbocycles. The number of hydrogen-bond donors (Lipinski definition) is 1. The Kier molecular flexibility index (Phi) is 7.62. The molecule has 182 valence electrons. The molecule has 2 aromatic heterocycles. The topological polar surface area (TPSA) is 68.1 Å². The van der Waals surface area contributed by atoms with E-state index in [-0.39, 0.29) is 5.28 Å². The number of anilines is 1. The fourth-order valence-electron chi connectivity index (χ4n) is 5.47. The molecular formula is C26H35ClN6O. The molecule has 0 bridgehead atoms. The molecule has 1 saturated heterocycles. The molecule has 1 aliphatic heterocycles. The molecule has 8 heteroatoms. The van der Waals surface area contributed by atoms with Gasteiger partial charge in [-0.3, -0.25) is 0 Å². The van der Waals surface area contributed by atoms with E-state index in [2.05, 4.69) is 61.1 Å². The van der Waals surface area contributed by atoms with Crippen molar-refractivity contribution in [3.05, 3.63) is 47.5 Å². The zero-order chi connectivity index (χ0) is 23.3. The highest BCUT2D eigenvalue weighted by Crippen LogP contribution is 2.33. The van der Waals surface area contributed by atoms with Gasteiger partial charge in [-0.25, -0.2) is 9.99 Å². The van der Waals surface area contributed by atoms with Crippen LogP contribution in [0.5, 0.6) is 0 Å². The summed E-state index contributed by atoms with van der Waals surface area (Å²) in [6.07, 6.45) is 11.5. The van der Waals surface area contributed by atoms with Gasteiger partial charge in [0.05, 0.1) is 19.0 Å². The molecule has 1 aromatic carbocycles. The predicted molar refractivity (Wildman–Crippen MR) is 136 cm³/mol. The van der Waals surface area contributed by atoms with Crippen molar-refractivity contribution in [3.8, 4) is 0 Å². The van der Waals surface area contributed by atoms with Gasteiger partial charge in [-0.1, -0.05) is 56.5 Å². The van der Waals surface area contributed by atoms with E-state index in [0.717, 1.165) is 49.9 Å². The lowest BCUT2D eigenvalue weighted by Crippen LogP contribution is -2.41. The van der Waals surface area contributed by atoms with Crippen LogP contribution in [0.25, 0.3) is 11.2 Å². The molecule has 1 aliphatic carbocycles. The van der Waals surface area contributed by atoms with Crippen molar-refractivity contribution in [1.29, 1.82) is 0 Å². The minimum Gasteiger partial charge on any atom is -0.373 e. The number of aromatic nitrogens is 4. The lowest BCUT2D eigenvalue weighted by molar-refractivity contribution is -0.0222. The van der Waals surface area contributed by atoms with Crippen LogP contribution in [0.3, 0.4) is 0 Å². The summed E-state index contributed by atoms with van der Waals surface area (Å²) in [7, 11) is 0. The van der Waals surface area contributed by atoms with Gasteiger partial charge in [0.25, 0.3) is 0 Å². The largest absolute Gasteiger partial charge is 0.373 e. The van der Waals surface area contributed by atoms with E-state index in [0.29, 0.717) is 30.5 Å². The van der Waals surface area contributed by atoms with Crippen molar-refractivity contribution in [2.24, 2.45) is 5.92 Å². The lowest BCUT2D eigenvalue weighted by Gasteiger charge is -2.36. The summed E-state index contributed by atoms with van der Waals surface area (Å²) in [6.45, 7) is 4.80. The number of halogens is 1. The summed E-state index contributed by atoms with van der Waals surface area (Å²) in [5, 5.41) is 2.51. The summed E-state index contributed by atoms with van der Waals surface area (Å²) < 4.78 is 8.58. The monoisotopic (exact) mass is 482 g/mol. The van der Waals surface area contributed by atoms with E-state index in [9.17, 15) is 0 Å². The second kappa shape index (κ2) is 11.0. The summed E-state index contributed by atoms with van der Waals surface area (Å²) in [6, 6.07) is 10.9. The van der Waals surface area contributed by atoms with Crippen LogP contribution in [-0.4, -0.2) is 43.7 Å². The second-order valence-electron chi connectivity index (χ2n) is 9.66. The van der Waals surface area contributed by atoms with Crippen molar-refractivity contribution in [2.45, 2.75) is 77.0 Å². The Balaban J connectivity index is 1.21. The summed E-state index contributed by atoms with van der Waals surface area (Å²) in [5.74, 6) is 1.27. The first-order chi connectivity index (χ1) is 16.7. The molecule has 1 unspecified atom stereocenters. The number of piperidine rings is 1. The van der Waals surface area contributed by atoms with Crippen LogP contribution < -0.4 is 5.43 Å². The van der Waals surface area contributed by atoms with Gasteiger partial charge in [-0.05, 0) is 55.2 Å². The van der Waals surface area contributed by atoms with Gasteiger partial charge in [0, 0.05) is 19.1 Å². The summed E-state index contributed by atoms with van der Waals surface area (Å²) >= 11 is 6.32. The molecule has 2 aliphatic rings. The Morgan fingerprint density at radius 2 is 1.85 bits per heavy atom. The third-order valence-electron chi connectivity index (χ3n) is 7.32. The zero-order valence-electron chi connectivity index (χ0n) is 20.0. The third kappa shape index (κ3) is 5.37. The molecule has 1 atom stereocenters. The quantitative estimate of drug-likeness (QED) is 0.376. The smallest absolute Gasteiger partial charge is 0.226 e. The Morgan fingerprint density at radius 3 is 2.59 bits per heavy atom. The fourth-order valence-corrected chi connectivity index (χ4v) is 5.63. The maximum Gasteiger partial charge on any atom is 0.226 e. The van der Waals surface area contributed by atoms with Crippen LogP contribution in [0.15, 0.2) is 36.7 Å². The van der Waals surface area contributed by atoms with Gasteiger partial charge in [-0.15, -0.1) is 0 Å². The predicted octanol–water partition coefficient (Wildman–Crippen LogP) is 6.02. The number of rotatable bonds is 9. The standard InChI is InChI=1S/C26H35ClN6O/c1-2-8-22(34-17-19-9-4-3-5-10-19)20-13-15-32(16-14-20)31-24-23-25(30-26(27)29-24)33(18-28-23)21-11-6-7-12-21/h3-5,9-10,18,20-22H,2,6-8,11-17H2,1H3,(H,29,30,31). The molecule has 0 radical (unpaired) electrons. The Bertz CT molecular complexity index is 1060. The maximum absolute atomic E-state index is 6.40. The SMILES string of the molecule is CCCC(OCc1ccccc1)C1CCN(Nc2nc(Cl)nc3c2ncn3C2CCCC2)CC1. The van der Waals surface area contributed by atoms with Gasteiger partial charge in [0.1, 0.15) is 0 Å². The van der Waals surface area contributed by atoms with Crippen LogP contribution >= 0.6 is 11.6 Å². The molecule has 0 spiro atoms. The Hall–Kier alpha value is -2.22. The summed E-state index contributed by atoms with van der Waals surface area (Å²) in [5.41, 5.74) is 6.37. The van der Waals surface area contributed by atoms with E-state index in [4.69, 9.17) is 16.3 Å². The number of hydrogen-bond acceptors (Lipinski definition) is 6. The molecular weight excluding hydrogens is 448 g/mol. The van der Waals surface area contributed by atoms with Crippen LogP contribution in [0.4, 0.5) is 5.82 Å². The molecule has 1 N–H and O–H groups in total. The fraction of sp³-hybridized carbons (Fsp3) is 0.577. The zero-order valence-corrected chi connectivity index (χ0v) is 20.8. The number of ether oxygens (including phenoxy) is 1. The first kappa shape index (κ1) is 23.5. The highest BCUT2D eigenvalue weighted by molar-refractivity contribution is 6.28. The number of nitrogens with one attached hydrogen (secondary N) is 1. The third-order valence-corrected chi connectivity index (χ3v) is 7.49. The molecule has 0 amide bonds. The van der Waals surface area contributed by atoms with Crippen molar-refractivity contribution in [2.75, 3.05) is 18.5 Å². The van der Waals surface area contributed by atoms with E-state index < -0.39 is 0 Å². The van der Waals surface area contributed by atoms with Gasteiger partial charge in [0.2, 0.25) is 5.28 Å². The van der Waals surface area contributed by atoms with E-state index in [1.54, 1.807) is 0 Å². The van der Waals surface area contributed by atoms with Crippen LogP contribution in [0, 0.1) is 5.92 Å². The number of benzene rings is 1. The minimum absolute atomic E-state index is 0.266. The molecule has 5 rings (SSSR count). The Labute approximate surface area is 206 Å². The van der Waals surface area contributed by atoms with Gasteiger partial charge >= 0.3 is 0 Å². The molecule has 3 heterocycles. The van der Waals surface area contributed by atoms with Gasteiger partial charge in [-0.2, -0.15) is 9.97 Å². The van der Waals surface area contributed by atoms with Crippen molar-refractivity contribution in [3.63, 3.8) is 0 Å². The molecule has 7 nitrogen and oxygen atoms in total. The van der Waals surface area contributed by atoms with Crippen LogP contribution in [0.1, 0.15) is 69.9 Å². The number of nitrogens with zero attached hydrogens (tertiary/aromatic N) is 5. The van der Waals surface area contributed by atoms with Crippen molar-refractivity contribution in [1.82, 2.24) is 24.5 Å². The average molecular weight is 483 g/mol. The second-order valence-corrected chi connectivity index (χ2v) is 10.0. The molecule has 3 aromatic rings. The first-order valence-corrected chi connectivity index (χ1v) is 13.2. The molecule has 2 fully saturated rings. The van der Waals surface area contributed by atoms with Gasteiger partial charge < -0.3 is 14.7 Å². The average Bonchev–Trinajstić information content (AvgIpc) is 3.53. The number of imidazole rings is 1. The Morgan fingerprint density at radius 1 is 1.09 bits per heavy atom. The van der Waals surface area contributed by atoms with E-state index >= 15 is 0 Å². The van der Waals surface area contributed by atoms with Crippen LogP contribution in [-0.2, 0) is 11.3 Å². The van der Waals surface area contributed by atoms with Crippen molar-refractivity contribution < 1.29 is 4.74 Å². The number of hydrazine groups is 1. The van der Waals surface area contributed by atoms with E-state index in [1.165, 1.54) is 31.2 Å². The maximum atomic E-state index is 6.40. The van der Waals surface area contributed by atoms with Gasteiger partial charge in [0.15, 0.2) is 17.0 Å². The highest BCUT2D eigenvalue weighted by atomic mass is 35.5. The lowest BCUT2D eigenvalue weighted by atomic mass is 9.89. The minimum atomic E-state index is 0.266. The van der Waals surface area contributed by atoms with E-state index in [1.807, 2.05) is 12.4 Å². The molecule has 34 heavy (non-hydrogen) atoms. The normalized spacial score (nSPS) is 19.1. The first-order valence-electron chi connectivity index (χ1n) is 12.8. The highest BCUT2D eigenvalue weighted by Gasteiger charge is 2.28. The number of fused-ring (bicyclic) bond motifs is 1. The summed E-state index contributed by atoms with van der Waals surface area (Å²) in [4.78, 5) is 13.7. The van der Waals surface area contributed by atoms with Crippen molar-refractivity contribution >= 4 is 28.6 Å².